The van der Waals surface area contributed by atoms with Crippen LogP contribution in [0, 0.1) is 0 Å². The lowest BCUT2D eigenvalue weighted by Gasteiger charge is -2.34. The highest BCUT2D eigenvalue weighted by Gasteiger charge is 2.46. The minimum atomic E-state index is -0.450. The maximum atomic E-state index is 6.44. The van der Waals surface area contributed by atoms with E-state index in [1.54, 1.807) is 0 Å². The van der Waals surface area contributed by atoms with Crippen molar-refractivity contribution in [1.82, 2.24) is 0 Å². The molecule has 2 heteroatoms. The molecule has 1 aromatic heterocycles. The molecule has 0 unspecified atom stereocenters. The van der Waals surface area contributed by atoms with E-state index in [0.29, 0.717) is 0 Å². The van der Waals surface area contributed by atoms with Gasteiger partial charge in [-0.3, -0.25) is 0 Å². The third-order valence-electron chi connectivity index (χ3n) is 8.22. The highest BCUT2D eigenvalue weighted by atomic mass is 79.9. The molecule has 0 atom stereocenters. The van der Waals surface area contributed by atoms with Gasteiger partial charge in [-0.1, -0.05) is 131 Å². The van der Waals surface area contributed by atoms with Crippen LogP contribution in [0.1, 0.15) is 22.3 Å². The first-order valence-electron chi connectivity index (χ1n) is 13.2. The largest absolute Gasteiger partial charge is 0.455 e. The fourth-order valence-electron chi connectivity index (χ4n) is 6.64. The van der Waals surface area contributed by atoms with Crippen molar-refractivity contribution in [1.29, 1.82) is 0 Å². The van der Waals surface area contributed by atoms with E-state index in [1.807, 2.05) is 12.1 Å². The minimum absolute atomic E-state index is 0.450. The van der Waals surface area contributed by atoms with Gasteiger partial charge in [0.05, 0.1) is 5.41 Å². The summed E-state index contributed by atoms with van der Waals surface area (Å²) in [6, 6.07) is 50.3. The van der Waals surface area contributed by atoms with E-state index in [-0.39, 0.29) is 0 Å². The van der Waals surface area contributed by atoms with Crippen molar-refractivity contribution in [3.8, 4) is 22.3 Å². The van der Waals surface area contributed by atoms with Crippen LogP contribution in [0.2, 0.25) is 0 Å². The van der Waals surface area contributed by atoms with Crippen molar-refractivity contribution >= 4 is 37.9 Å². The van der Waals surface area contributed by atoms with Crippen molar-refractivity contribution < 1.29 is 4.42 Å². The lowest BCUT2D eigenvalue weighted by atomic mass is 9.67. The van der Waals surface area contributed by atoms with Gasteiger partial charge in [-0.15, -0.1) is 0 Å². The molecule has 1 nitrogen and oxygen atoms in total. The number of furan rings is 1. The summed E-state index contributed by atoms with van der Waals surface area (Å²) < 4.78 is 7.51. The first-order valence-corrected chi connectivity index (χ1v) is 14.0. The van der Waals surface area contributed by atoms with Gasteiger partial charge in [-0.2, -0.15) is 0 Å². The summed E-state index contributed by atoms with van der Waals surface area (Å²) in [5.41, 5.74) is 11.3. The molecule has 0 spiro atoms. The zero-order valence-electron chi connectivity index (χ0n) is 21.1. The molecule has 0 fully saturated rings. The third-order valence-corrected chi connectivity index (χ3v) is 8.71. The molecule has 0 bridgehead atoms. The Bertz CT molecular complexity index is 2000. The van der Waals surface area contributed by atoms with Gasteiger partial charge in [0.25, 0.3) is 0 Å². The number of rotatable bonds is 3. The van der Waals surface area contributed by atoms with Gasteiger partial charge >= 0.3 is 0 Å². The summed E-state index contributed by atoms with van der Waals surface area (Å²) in [5.74, 6) is 0. The first-order chi connectivity index (χ1) is 19.2. The van der Waals surface area contributed by atoms with Gasteiger partial charge in [-0.25, -0.2) is 0 Å². The molecule has 0 aliphatic heterocycles. The molecule has 184 valence electrons. The number of hydrogen-bond donors (Lipinski definition) is 0. The maximum Gasteiger partial charge on any atom is 0.143 e. The SMILES string of the molecule is Brc1cccc(C2(c3cccc(-c4cccc5c4oc4ccccc45)c3)c3ccccc3-c3ccccc32)c1. The standard InChI is InChI=1S/C37H23BrO/c38-27-13-8-12-26(23-27)37(33-19-4-1-14-29(33)30-15-2-5-20-34(30)37)25-11-7-10-24(22-25)28-17-9-18-32-31-16-3-6-21-35(31)39-36(28)32/h1-23H. The first kappa shape index (κ1) is 22.6. The molecule has 0 saturated heterocycles. The highest BCUT2D eigenvalue weighted by Crippen LogP contribution is 2.56. The molecular weight excluding hydrogens is 540 g/mol. The van der Waals surface area contributed by atoms with Crippen LogP contribution in [0.25, 0.3) is 44.2 Å². The second-order valence-corrected chi connectivity index (χ2v) is 11.1. The van der Waals surface area contributed by atoms with Crippen molar-refractivity contribution in [2.24, 2.45) is 0 Å². The number of halogens is 1. The zero-order chi connectivity index (χ0) is 26.0. The summed E-state index contributed by atoms with van der Waals surface area (Å²) in [7, 11) is 0. The summed E-state index contributed by atoms with van der Waals surface area (Å²) in [4.78, 5) is 0. The normalized spacial score (nSPS) is 13.5. The Morgan fingerprint density at radius 1 is 0.487 bits per heavy atom. The molecule has 1 heterocycles. The molecule has 1 aliphatic rings. The molecule has 0 N–H and O–H groups in total. The molecule has 39 heavy (non-hydrogen) atoms. The van der Waals surface area contributed by atoms with Crippen LogP contribution in [-0.2, 0) is 5.41 Å². The molecule has 0 amide bonds. The van der Waals surface area contributed by atoms with Crippen molar-refractivity contribution in [2.45, 2.75) is 5.41 Å². The summed E-state index contributed by atoms with van der Waals surface area (Å²) >= 11 is 3.77. The Morgan fingerprint density at radius 3 is 1.85 bits per heavy atom. The lowest BCUT2D eigenvalue weighted by molar-refractivity contribution is 0.670. The number of para-hydroxylation sites is 2. The average Bonchev–Trinajstić information content (AvgIpc) is 3.52. The van der Waals surface area contributed by atoms with Crippen LogP contribution in [-0.4, -0.2) is 0 Å². The lowest BCUT2D eigenvalue weighted by Crippen LogP contribution is -2.28. The fourth-order valence-corrected chi connectivity index (χ4v) is 7.04. The molecule has 0 saturated carbocycles. The van der Waals surface area contributed by atoms with E-state index in [4.69, 9.17) is 4.42 Å². The van der Waals surface area contributed by atoms with Crippen LogP contribution in [0.4, 0.5) is 0 Å². The Labute approximate surface area is 235 Å². The molecule has 6 aromatic carbocycles. The van der Waals surface area contributed by atoms with Crippen LogP contribution in [0.3, 0.4) is 0 Å². The van der Waals surface area contributed by atoms with E-state index in [9.17, 15) is 0 Å². The van der Waals surface area contributed by atoms with Gasteiger partial charge in [0.1, 0.15) is 11.2 Å². The van der Waals surface area contributed by atoms with E-state index in [2.05, 4.69) is 143 Å². The summed E-state index contributed by atoms with van der Waals surface area (Å²) in [6.07, 6.45) is 0. The van der Waals surface area contributed by atoms with Crippen molar-refractivity contribution in [3.05, 3.63) is 166 Å². The van der Waals surface area contributed by atoms with Crippen LogP contribution < -0.4 is 0 Å². The Hall–Kier alpha value is -4.40. The predicted octanol–water partition coefficient (Wildman–Crippen LogP) is 10.4. The Balaban J connectivity index is 1.45. The van der Waals surface area contributed by atoms with E-state index in [1.165, 1.54) is 33.4 Å². The maximum absolute atomic E-state index is 6.44. The zero-order valence-corrected chi connectivity index (χ0v) is 22.7. The van der Waals surface area contributed by atoms with Crippen molar-refractivity contribution in [3.63, 3.8) is 0 Å². The van der Waals surface area contributed by atoms with Gasteiger partial charge < -0.3 is 4.42 Å². The average molecular weight is 563 g/mol. The van der Waals surface area contributed by atoms with E-state index in [0.717, 1.165) is 37.5 Å². The second kappa shape index (κ2) is 8.56. The van der Waals surface area contributed by atoms with E-state index < -0.39 is 5.41 Å². The minimum Gasteiger partial charge on any atom is -0.455 e. The van der Waals surface area contributed by atoms with Gasteiger partial charge in [0.2, 0.25) is 0 Å². The quantitative estimate of drug-likeness (QED) is 0.208. The monoisotopic (exact) mass is 562 g/mol. The fraction of sp³-hybridized carbons (Fsp3) is 0.0270. The molecule has 1 aliphatic carbocycles. The molecular formula is C37H23BrO. The van der Waals surface area contributed by atoms with Crippen LogP contribution in [0.5, 0.6) is 0 Å². The predicted molar refractivity (Wildman–Crippen MR) is 164 cm³/mol. The summed E-state index contributed by atoms with van der Waals surface area (Å²) in [5, 5.41) is 2.29. The van der Waals surface area contributed by atoms with Crippen LogP contribution >= 0.6 is 15.9 Å². The Morgan fingerprint density at radius 2 is 1.08 bits per heavy atom. The van der Waals surface area contributed by atoms with Crippen LogP contribution in [0.15, 0.2) is 148 Å². The number of fused-ring (bicyclic) bond motifs is 6. The molecule has 8 rings (SSSR count). The smallest absolute Gasteiger partial charge is 0.143 e. The third kappa shape index (κ3) is 3.19. The summed E-state index contributed by atoms with van der Waals surface area (Å²) in [6.45, 7) is 0. The number of benzene rings is 6. The van der Waals surface area contributed by atoms with E-state index >= 15 is 0 Å². The molecule has 0 radical (unpaired) electrons. The van der Waals surface area contributed by atoms with Gasteiger partial charge in [0, 0.05) is 20.8 Å². The molecule has 7 aromatic rings. The second-order valence-electron chi connectivity index (χ2n) is 10.2. The topological polar surface area (TPSA) is 13.1 Å². The van der Waals surface area contributed by atoms with Crippen molar-refractivity contribution in [2.75, 3.05) is 0 Å². The number of hydrogen-bond acceptors (Lipinski definition) is 1. The highest BCUT2D eigenvalue weighted by molar-refractivity contribution is 9.10. The van der Waals surface area contributed by atoms with Gasteiger partial charge in [-0.05, 0) is 63.2 Å². The Kier molecular flexibility index (Phi) is 4.95. The van der Waals surface area contributed by atoms with Gasteiger partial charge in [0.15, 0.2) is 0 Å².